The summed E-state index contributed by atoms with van der Waals surface area (Å²) < 4.78 is 0. The van der Waals surface area contributed by atoms with Gasteiger partial charge < -0.3 is 5.32 Å². The predicted molar refractivity (Wildman–Crippen MR) is 80.9 cm³/mol. The monoisotopic (exact) mass is 279 g/mol. The van der Waals surface area contributed by atoms with E-state index >= 15 is 0 Å². The fourth-order valence-electron chi connectivity index (χ4n) is 2.84. The minimum Gasteiger partial charge on any atom is -0.336 e. The van der Waals surface area contributed by atoms with Gasteiger partial charge in [0.2, 0.25) is 5.91 Å². The highest BCUT2D eigenvalue weighted by Crippen LogP contribution is 2.35. The van der Waals surface area contributed by atoms with Crippen molar-refractivity contribution in [2.45, 2.75) is 25.8 Å². The molecule has 0 saturated carbocycles. The Balaban J connectivity index is 2.20. The maximum atomic E-state index is 12.6. The minimum atomic E-state index is -1.04. The van der Waals surface area contributed by atoms with E-state index in [1.165, 1.54) is 0 Å². The van der Waals surface area contributed by atoms with Crippen LogP contribution in [0, 0.1) is 13.8 Å². The van der Waals surface area contributed by atoms with E-state index in [1.54, 1.807) is 0 Å². The number of aryl methyl sites for hydroxylation is 2. The maximum Gasteiger partial charge on any atom is 0.228 e. The number of ketones is 1. The molecule has 2 aromatic carbocycles. The number of rotatable bonds is 2. The first-order valence-electron chi connectivity index (χ1n) is 7.01. The SMILES string of the molecule is Cc1ccc(C2(c3ccc(C)cc3)NC(=O)CC2=O)cc1. The summed E-state index contributed by atoms with van der Waals surface area (Å²) in [4.78, 5) is 24.4. The van der Waals surface area contributed by atoms with Crippen LogP contribution in [-0.4, -0.2) is 11.7 Å². The van der Waals surface area contributed by atoms with Gasteiger partial charge in [0.05, 0.1) is 6.42 Å². The summed E-state index contributed by atoms with van der Waals surface area (Å²) in [5, 5.41) is 2.90. The van der Waals surface area contributed by atoms with Crippen LogP contribution in [0.5, 0.6) is 0 Å². The molecule has 1 aliphatic heterocycles. The molecule has 0 aliphatic carbocycles. The number of hydrogen-bond acceptors (Lipinski definition) is 2. The van der Waals surface area contributed by atoms with Crippen molar-refractivity contribution in [3.05, 3.63) is 70.8 Å². The normalized spacial score (nSPS) is 16.9. The largest absolute Gasteiger partial charge is 0.336 e. The van der Waals surface area contributed by atoms with Gasteiger partial charge in [-0.3, -0.25) is 9.59 Å². The second-order valence-electron chi connectivity index (χ2n) is 5.63. The molecule has 21 heavy (non-hydrogen) atoms. The molecule has 3 rings (SSSR count). The summed E-state index contributed by atoms with van der Waals surface area (Å²) in [6, 6.07) is 15.5. The second kappa shape index (κ2) is 4.85. The standard InChI is InChI=1S/C18H17NO2/c1-12-3-7-14(8-4-12)18(16(20)11-17(21)19-18)15-9-5-13(2)6-10-15/h3-10H,11H2,1-2H3,(H,19,21). The molecule has 1 fully saturated rings. The molecule has 1 aliphatic rings. The van der Waals surface area contributed by atoms with Crippen molar-refractivity contribution in [1.82, 2.24) is 5.32 Å². The van der Waals surface area contributed by atoms with Crippen LogP contribution in [0.3, 0.4) is 0 Å². The lowest BCUT2D eigenvalue weighted by atomic mass is 9.80. The molecule has 106 valence electrons. The number of carbonyl (C=O) groups excluding carboxylic acids is 2. The zero-order valence-corrected chi connectivity index (χ0v) is 12.1. The Hall–Kier alpha value is -2.42. The van der Waals surface area contributed by atoms with Crippen molar-refractivity contribution in [3.63, 3.8) is 0 Å². The molecule has 0 radical (unpaired) electrons. The molecule has 1 amide bonds. The molecule has 1 N–H and O–H groups in total. The van der Waals surface area contributed by atoms with E-state index < -0.39 is 5.54 Å². The first-order valence-corrected chi connectivity index (χ1v) is 7.01. The van der Waals surface area contributed by atoms with Gasteiger partial charge in [0.25, 0.3) is 0 Å². The smallest absolute Gasteiger partial charge is 0.228 e. The van der Waals surface area contributed by atoms with Gasteiger partial charge in [-0.05, 0) is 25.0 Å². The first kappa shape index (κ1) is 13.6. The summed E-state index contributed by atoms with van der Waals surface area (Å²) in [5.74, 6) is -0.318. The van der Waals surface area contributed by atoms with Crippen molar-refractivity contribution < 1.29 is 9.59 Å². The number of nitrogens with one attached hydrogen (secondary N) is 1. The number of amides is 1. The first-order chi connectivity index (χ1) is 10.0. The molecular weight excluding hydrogens is 262 g/mol. The van der Waals surface area contributed by atoms with E-state index in [-0.39, 0.29) is 18.1 Å². The van der Waals surface area contributed by atoms with Crippen molar-refractivity contribution >= 4 is 11.7 Å². The van der Waals surface area contributed by atoms with Gasteiger partial charge in [-0.25, -0.2) is 0 Å². The fraction of sp³-hybridized carbons (Fsp3) is 0.222. The molecule has 0 bridgehead atoms. The quantitative estimate of drug-likeness (QED) is 0.859. The molecule has 1 heterocycles. The fourth-order valence-corrected chi connectivity index (χ4v) is 2.84. The molecule has 0 spiro atoms. The highest BCUT2D eigenvalue weighted by atomic mass is 16.2. The Labute approximate surface area is 124 Å². The van der Waals surface area contributed by atoms with Crippen LogP contribution in [-0.2, 0) is 15.1 Å². The highest BCUT2D eigenvalue weighted by Gasteiger charge is 2.48. The molecule has 0 aromatic heterocycles. The second-order valence-corrected chi connectivity index (χ2v) is 5.63. The van der Waals surface area contributed by atoms with Crippen molar-refractivity contribution in [2.75, 3.05) is 0 Å². The van der Waals surface area contributed by atoms with Crippen LogP contribution in [0.25, 0.3) is 0 Å². The van der Waals surface area contributed by atoms with Gasteiger partial charge in [-0.2, -0.15) is 0 Å². The van der Waals surface area contributed by atoms with E-state index in [9.17, 15) is 9.59 Å². The van der Waals surface area contributed by atoms with E-state index in [2.05, 4.69) is 5.32 Å². The third-order valence-corrected chi connectivity index (χ3v) is 4.04. The summed E-state index contributed by atoms with van der Waals surface area (Å²) in [7, 11) is 0. The van der Waals surface area contributed by atoms with Crippen LogP contribution in [0.15, 0.2) is 48.5 Å². The van der Waals surface area contributed by atoms with E-state index in [0.717, 1.165) is 22.3 Å². The summed E-state index contributed by atoms with van der Waals surface area (Å²) in [6.45, 7) is 3.99. The molecule has 0 unspecified atom stereocenters. The molecule has 3 heteroatoms. The average molecular weight is 279 g/mol. The summed E-state index contributed by atoms with van der Waals surface area (Å²) >= 11 is 0. The average Bonchev–Trinajstić information content (AvgIpc) is 2.76. The van der Waals surface area contributed by atoms with E-state index in [0.29, 0.717) is 0 Å². The van der Waals surface area contributed by atoms with Crippen LogP contribution in [0.2, 0.25) is 0 Å². The Kier molecular flexibility index (Phi) is 3.13. The summed E-state index contributed by atoms with van der Waals surface area (Å²) in [5.41, 5.74) is 2.82. The van der Waals surface area contributed by atoms with Crippen LogP contribution < -0.4 is 5.32 Å². The van der Waals surface area contributed by atoms with Gasteiger partial charge in [0.15, 0.2) is 11.3 Å². The molecule has 2 aromatic rings. The Morgan fingerprint density at radius 1 is 0.810 bits per heavy atom. The molecule has 0 atom stereocenters. The summed E-state index contributed by atoms with van der Waals surface area (Å²) in [6.07, 6.45) is -0.0677. The lowest BCUT2D eigenvalue weighted by Gasteiger charge is -2.29. The number of carbonyl (C=O) groups is 2. The predicted octanol–water partition coefficient (Wildman–Crippen LogP) is 2.64. The molecule has 1 saturated heterocycles. The zero-order chi connectivity index (χ0) is 15.0. The molecular formula is C18H17NO2. The van der Waals surface area contributed by atoms with Gasteiger partial charge >= 0.3 is 0 Å². The van der Waals surface area contributed by atoms with Gasteiger partial charge in [-0.1, -0.05) is 59.7 Å². The highest BCUT2D eigenvalue weighted by molar-refractivity contribution is 6.12. The zero-order valence-electron chi connectivity index (χ0n) is 12.1. The van der Waals surface area contributed by atoms with Gasteiger partial charge in [0, 0.05) is 0 Å². The number of benzene rings is 2. The third kappa shape index (κ3) is 2.15. The van der Waals surface area contributed by atoms with Crippen molar-refractivity contribution in [2.24, 2.45) is 0 Å². The van der Waals surface area contributed by atoms with Gasteiger partial charge in [0.1, 0.15) is 0 Å². The van der Waals surface area contributed by atoms with Crippen molar-refractivity contribution in [3.8, 4) is 0 Å². The third-order valence-electron chi connectivity index (χ3n) is 4.04. The lowest BCUT2D eigenvalue weighted by Crippen LogP contribution is -2.44. The van der Waals surface area contributed by atoms with Gasteiger partial charge in [-0.15, -0.1) is 0 Å². The lowest BCUT2D eigenvalue weighted by molar-refractivity contribution is -0.122. The Bertz CT molecular complexity index is 654. The van der Waals surface area contributed by atoms with Crippen LogP contribution in [0.1, 0.15) is 28.7 Å². The van der Waals surface area contributed by atoms with E-state index in [4.69, 9.17) is 0 Å². The van der Waals surface area contributed by atoms with Crippen LogP contribution >= 0.6 is 0 Å². The Morgan fingerprint density at radius 2 is 1.24 bits per heavy atom. The Morgan fingerprint density at radius 3 is 1.57 bits per heavy atom. The van der Waals surface area contributed by atoms with Crippen molar-refractivity contribution in [1.29, 1.82) is 0 Å². The molecule has 3 nitrogen and oxygen atoms in total. The minimum absolute atomic E-state index is 0.0677. The van der Waals surface area contributed by atoms with Crippen LogP contribution in [0.4, 0.5) is 0 Å². The number of hydrogen-bond donors (Lipinski definition) is 1. The van der Waals surface area contributed by atoms with E-state index in [1.807, 2.05) is 62.4 Å². The number of Topliss-reactive ketones (excluding diaryl/α,β-unsaturated/α-hetero) is 1. The topological polar surface area (TPSA) is 46.2 Å². The maximum absolute atomic E-state index is 12.6.